The molecule has 4 rings (SSSR count). The summed E-state index contributed by atoms with van der Waals surface area (Å²) in [7, 11) is 0. The highest BCUT2D eigenvalue weighted by Gasteiger charge is 2.26. The Morgan fingerprint density at radius 2 is 2.19 bits per heavy atom. The number of aryl methyl sites for hydroxylation is 2. The molecule has 1 aliphatic heterocycles. The van der Waals surface area contributed by atoms with Gasteiger partial charge in [0.15, 0.2) is 0 Å². The first-order valence-electron chi connectivity index (χ1n) is 10.9. The Bertz CT molecular complexity index is 1100. The third-order valence-corrected chi connectivity index (χ3v) is 6.08. The van der Waals surface area contributed by atoms with Crippen LogP contribution in [0.4, 0.5) is 10.1 Å². The van der Waals surface area contributed by atoms with E-state index in [9.17, 15) is 9.18 Å². The minimum atomic E-state index is -0.234. The zero-order valence-corrected chi connectivity index (χ0v) is 18.2. The maximum Gasteiger partial charge on any atom is 0.222 e. The van der Waals surface area contributed by atoms with Crippen LogP contribution < -0.4 is 5.32 Å². The normalized spacial score (nSPS) is 15.7. The molecule has 32 heavy (non-hydrogen) atoms. The number of halogens is 1. The lowest BCUT2D eigenvalue weighted by atomic mass is 10.0. The highest BCUT2D eigenvalue weighted by molar-refractivity contribution is 5.88. The molecule has 3 aromatic rings. The lowest BCUT2D eigenvalue weighted by Gasteiger charge is -2.18. The van der Waals surface area contributed by atoms with Gasteiger partial charge in [0.1, 0.15) is 5.82 Å². The van der Waals surface area contributed by atoms with Gasteiger partial charge in [-0.05, 0) is 60.6 Å². The van der Waals surface area contributed by atoms with E-state index in [2.05, 4.69) is 15.5 Å². The van der Waals surface area contributed by atoms with Crippen molar-refractivity contribution in [3.8, 4) is 11.1 Å². The summed E-state index contributed by atoms with van der Waals surface area (Å²) in [6.07, 6.45) is 6.62. The van der Waals surface area contributed by atoms with Crippen LogP contribution in [0, 0.1) is 24.1 Å². The average Bonchev–Trinajstić information content (AvgIpc) is 3.49. The zero-order chi connectivity index (χ0) is 22.5. The van der Waals surface area contributed by atoms with Gasteiger partial charge in [0, 0.05) is 55.3 Å². The third-order valence-electron chi connectivity index (χ3n) is 6.08. The molecule has 0 spiro atoms. The summed E-state index contributed by atoms with van der Waals surface area (Å²) in [5.41, 5.74) is 5.19. The molecular formula is C25H28FN5O. The van der Waals surface area contributed by atoms with E-state index in [0.29, 0.717) is 30.9 Å². The molecule has 1 saturated heterocycles. The smallest absolute Gasteiger partial charge is 0.222 e. The number of benzene rings is 2. The fourth-order valence-corrected chi connectivity index (χ4v) is 4.17. The van der Waals surface area contributed by atoms with Gasteiger partial charge >= 0.3 is 0 Å². The SMILES string of the molecule is Cc1ccc(CCC(=O)N2CCC(CNc3ccc(-c4cn[nH]c4)cc3C=N)C2)c(F)c1. The molecule has 1 unspecified atom stereocenters. The molecule has 2 heterocycles. The molecule has 1 amide bonds. The Hall–Kier alpha value is -3.48. The van der Waals surface area contributed by atoms with Crippen LogP contribution in [0.1, 0.15) is 29.5 Å². The van der Waals surface area contributed by atoms with Crippen molar-refractivity contribution in [3.05, 3.63) is 71.3 Å². The third kappa shape index (κ3) is 5.04. The molecule has 0 saturated carbocycles. The van der Waals surface area contributed by atoms with E-state index < -0.39 is 0 Å². The number of hydrogen-bond donors (Lipinski definition) is 3. The van der Waals surface area contributed by atoms with Crippen molar-refractivity contribution in [2.24, 2.45) is 5.92 Å². The highest BCUT2D eigenvalue weighted by Crippen LogP contribution is 2.25. The standard InChI is InChI=1S/C25H28FN5O/c1-17-2-3-19(23(26)10-17)5-7-25(32)31-9-8-18(16-31)13-28-24-6-4-20(11-21(24)12-27)22-14-29-30-15-22/h2-4,6,10-12,14-15,18,27-28H,5,7-9,13,16H2,1H3,(H,29,30). The second-order valence-electron chi connectivity index (χ2n) is 8.40. The van der Waals surface area contributed by atoms with Gasteiger partial charge in [0.2, 0.25) is 5.91 Å². The topological polar surface area (TPSA) is 84.9 Å². The van der Waals surface area contributed by atoms with Crippen molar-refractivity contribution in [3.63, 3.8) is 0 Å². The van der Waals surface area contributed by atoms with Crippen LogP contribution in [-0.2, 0) is 11.2 Å². The van der Waals surface area contributed by atoms with Crippen LogP contribution >= 0.6 is 0 Å². The largest absolute Gasteiger partial charge is 0.384 e. The van der Waals surface area contributed by atoms with Crippen molar-refractivity contribution < 1.29 is 9.18 Å². The van der Waals surface area contributed by atoms with E-state index in [1.165, 1.54) is 12.3 Å². The van der Waals surface area contributed by atoms with Gasteiger partial charge in [-0.15, -0.1) is 0 Å². The number of anilines is 1. The fourth-order valence-electron chi connectivity index (χ4n) is 4.17. The summed E-state index contributed by atoms with van der Waals surface area (Å²) in [5.74, 6) is 0.196. The maximum absolute atomic E-state index is 14.0. The van der Waals surface area contributed by atoms with Crippen LogP contribution in [0.2, 0.25) is 0 Å². The number of rotatable bonds is 8. The van der Waals surface area contributed by atoms with Gasteiger partial charge in [-0.3, -0.25) is 9.89 Å². The maximum atomic E-state index is 14.0. The Morgan fingerprint density at radius 3 is 2.94 bits per heavy atom. The molecule has 1 atom stereocenters. The predicted octanol–water partition coefficient (Wildman–Crippen LogP) is 4.42. The highest BCUT2D eigenvalue weighted by atomic mass is 19.1. The quantitative estimate of drug-likeness (QED) is 0.460. The number of likely N-dealkylation sites (tertiary alicyclic amines) is 1. The Balaban J connectivity index is 1.28. The summed E-state index contributed by atoms with van der Waals surface area (Å²) in [4.78, 5) is 14.5. The van der Waals surface area contributed by atoms with Crippen molar-refractivity contribution in [2.45, 2.75) is 26.2 Å². The minimum Gasteiger partial charge on any atom is -0.384 e. The number of carbonyl (C=O) groups is 1. The predicted molar refractivity (Wildman–Crippen MR) is 125 cm³/mol. The van der Waals surface area contributed by atoms with Gasteiger partial charge in [-0.1, -0.05) is 18.2 Å². The Morgan fingerprint density at radius 1 is 1.31 bits per heavy atom. The van der Waals surface area contributed by atoms with Crippen LogP contribution in [0.3, 0.4) is 0 Å². The molecule has 0 bridgehead atoms. The number of nitrogens with zero attached hydrogens (tertiary/aromatic N) is 2. The first-order chi connectivity index (χ1) is 15.5. The molecule has 0 aliphatic carbocycles. The summed E-state index contributed by atoms with van der Waals surface area (Å²) < 4.78 is 14.0. The van der Waals surface area contributed by atoms with Gasteiger partial charge in [-0.2, -0.15) is 5.10 Å². The average molecular weight is 434 g/mol. The number of carbonyl (C=O) groups excluding carboxylic acids is 1. The zero-order valence-electron chi connectivity index (χ0n) is 18.2. The number of nitrogens with one attached hydrogen (secondary N) is 3. The Labute approximate surface area is 187 Å². The van der Waals surface area contributed by atoms with E-state index in [0.717, 1.165) is 47.5 Å². The van der Waals surface area contributed by atoms with Crippen LogP contribution in [-0.4, -0.2) is 46.9 Å². The number of H-pyrrole nitrogens is 1. The lowest BCUT2D eigenvalue weighted by molar-refractivity contribution is -0.130. The van der Waals surface area contributed by atoms with Gasteiger partial charge in [0.25, 0.3) is 0 Å². The van der Waals surface area contributed by atoms with Gasteiger partial charge in [-0.25, -0.2) is 4.39 Å². The molecule has 2 aromatic carbocycles. The summed E-state index contributed by atoms with van der Waals surface area (Å²) in [6.45, 7) is 4.03. The first-order valence-corrected chi connectivity index (χ1v) is 10.9. The molecule has 3 N–H and O–H groups in total. The summed E-state index contributed by atoms with van der Waals surface area (Å²) in [6, 6.07) is 11.1. The minimum absolute atomic E-state index is 0.0807. The molecule has 0 radical (unpaired) electrons. The molecular weight excluding hydrogens is 405 g/mol. The van der Waals surface area contributed by atoms with E-state index in [-0.39, 0.29) is 11.7 Å². The second-order valence-corrected chi connectivity index (χ2v) is 8.40. The number of aromatic nitrogens is 2. The molecule has 1 aromatic heterocycles. The first kappa shape index (κ1) is 21.7. The van der Waals surface area contributed by atoms with E-state index in [1.54, 1.807) is 12.3 Å². The molecule has 1 aliphatic rings. The fraction of sp³-hybridized carbons (Fsp3) is 0.320. The lowest BCUT2D eigenvalue weighted by Crippen LogP contribution is -2.30. The molecule has 1 fully saturated rings. The van der Waals surface area contributed by atoms with Crippen molar-refractivity contribution in [2.75, 3.05) is 25.0 Å². The molecule has 6 nitrogen and oxygen atoms in total. The summed E-state index contributed by atoms with van der Waals surface area (Å²) in [5, 5.41) is 18.0. The van der Waals surface area contributed by atoms with Crippen LogP contribution in [0.5, 0.6) is 0 Å². The van der Waals surface area contributed by atoms with E-state index >= 15 is 0 Å². The Kier molecular flexibility index (Phi) is 6.63. The van der Waals surface area contributed by atoms with Crippen LogP contribution in [0.25, 0.3) is 11.1 Å². The second kappa shape index (κ2) is 9.77. The monoisotopic (exact) mass is 433 g/mol. The van der Waals surface area contributed by atoms with Crippen molar-refractivity contribution in [1.29, 1.82) is 5.41 Å². The summed E-state index contributed by atoms with van der Waals surface area (Å²) >= 11 is 0. The van der Waals surface area contributed by atoms with Crippen molar-refractivity contribution in [1.82, 2.24) is 15.1 Å². The van der Waals surface area contributed by atoms with E-state index in [4.69, 9.17) is 5.41 Å². The number of hydrogen-bond acceptors (Lipinski definition) is 4. The van der Waals surface area contributed by atoms with Gasteiger partial charge in [0.05, 0.1) is 6.20 Å². The number of aromatic amines is 1. The van der Waals surface area contributed by atoms with Gasteiger partial charge < -0.3 is 15.6 Å². The molecule has 7 heteroatoms. The van der Waals surface area contributed by atoms with E-state index in [1.807, 2.05) is 42.3 Å². The number of amides is 1. The van der Waals surface area contributed by atoms with Crippen molar-refractivity contribution >= 4 is 17.8 Å². The van der Waals surface area contributed by atoms with Crippen LogP contribution in [0.15, 0.2) is 48.8 Å². The molecule has 166 valence electrons.